The quantitative estimate of drug-likeness (QED) is 0.828. The molecule has 0 spiro atoms. The summed E-state index contributed by atoms with van der Waals surface area (Å²) in [5.41, 5.74) is 0.0159. The third-order valence-electron chi connectivity index (χ3n) is 2.69. The minimum absolute atomic E-state index is 0.642. The van der Waals surface area contributed by atoms with Crippen LogP contribution in [0.5, 0.6) is 11.5 Å². The van der Waals surface area contributed by atoms with Gasteiger partial charge in [0.2, 0.25) is 0 Å². The molecule has 84 valence electrons. The highest BCUT2D eigenvalue weighted by molar-refractivity contribution is 5.44. The second-order valence-corrected chi connectivity index (χ2v) is 3.70. The molecule has 0 aliphatic heterocycles. The zero-order valence-electron chi connectivity index (χ0n) is 9.70. The summed E-state index contributed by atoms with van der Waals surface area (Å²) in [4.78, 5) is 0. The van der Waals surface area contributed by atoms with E-state index < -0.39 is 5.60 Å². The molecular weight excluding hydrogens is 192 g/mol. The first kappa shape index (κ1) is 11.9. The Labute approximate surface area is 90.6 Å². The van der Waals surface area contributed by atoms with Gasteiger partial charge in [0, 0.05) is 0 Å². The number of ether oxygens (including phenoxy) is 2. The van der Waals surface area contributed by atoms with Crippen LogP contribution in [0.1, 0.15) is 25.8 Å². The van der Waals surface area contributed by atoms with Gasteiger partial charge in [-0.15, -0.1) is 0 Å². The fourth-order valence-electron chi connectivity index (χ4n) is 1.38. The van der Waals surface area contributed by atoms with E-state index in [-0.39, 0.29) is 0 Å². The van der Waals surface area contributed by atoms with Crippen LogP contribution >= 0.6 is 0 Å². The van der Waals surface area contributed by atoms with Crippen LogP contribution in [-0.2, 0) is 5.60 Å². The van der Waals surface area contributed by atoms with Crippen LogP contribution in [-0.4, -0.2) is 19.3 Å². The lowest BCUT2D eigenvalue weighted by atomic mass is 9.93. The molecule has 1 rings (SSSR count). The average Bonchev–Trinajstić information content (AvgIpc) is 2.28. The van der Waals surface area contributed by atoms with Gasteiger partial charge >= 0.3 is 0 Å². The Morgan fingerprint density at radius 1 is 1.20 bits per heavy atom. The van der Waals surface area contributed by atoms with Crippen molar-refractivity contribution in [2.24, 2.45) is 0 Å². The van der Waals surface area contributed by atoms with Crippen molar-refractivity contribution < 1.29 is 14.6 Å². The van der Waals surface area contributed by atoms with Gasteiger partial charge in [0.15, 0.2) is 11.5 Å². The average molecular weight is 210 g/mol. The topological polar surface area (TPSA) is 38.7 Å². The normalized spacial score (nSPS) is 14.5. The molecule has 0 saturated carbocycles. The predicted molar refractivity (Wildman–Crippen MR) is 59.4 cm³/mol. The molecule has 15 heavy (non-hydrogen) atoms. The molecule has 0 fully saturated rings. The zero-order valence-corrected chi connectivity index (χ0v) is 9.70. The SMILES string of the molecule is CC[C@@](C)(O)c1ccc(OC)c(OC)c1. The van der Waals surface area contributed by atoms with Gasteiger partial charge in [0.1, 0.15) is 0 Å². The van der Waals surface area contributed by atoms with Crippen molar-refractivity contribution in [3.63, 3.8) is 0 Å². The maximum absolute atomic E-state index is 10.1. The molecule has 3 nitrogen and oxygen atoms in total. The smallest absolute Gasteiger partial charge is 0.161 e. The maximum Gasteiger partial charge on any atom is 0.161 e. The van der Waals surface area contributed by atoms with Crippen LogP contribution in [0, 0.1) is 0 Å². The Bertz CT molecular complexity index is 332. The molecule has 0 saturated heterocycles. The second-order valence-electron chi connectivity index (χ2n) is 3.70. The number of hydrogen-bond acceptors (Lipinski definition) is 3. The molecule has 0 radical (unpaired) electrons. The number of aliphatic hydroxyl groups is 1. The van der Waals surface area contributed by atoms with Gasteiger partial charge in [-0.3, -0.25) is 0 Å². The Morgan fingerprint density at radius 3 is 2.27 bits per heavy atom. The van der Waals surface area contributed by atoms with E-state index in [0.717, 1.165) is 5.56 Å². The first-order valence-corrected chi connectivity index (χ1v) is 5.00. The number of rotatable bonds is 4. The van der Waals surface area contributed by atoms with Crippen LogP contribution in [0.15, 0.2) is 18.2 Å². The van der Waals surface area contributed by atoms with E-state index in [4.69, 9.17) is 9.47 Å². The van der Waals surface area contributed by atoms with Gasteiger partial charge in [-0.05, 0) is 31.0 Å². The molecule has 1 atom stereocenters. The minimum Gasteiger partial charge on any atom is -0.493 e. The molecule has 1 aromatic rings. The Balaban J connectivity index is 3.13. The maximum atomic E-state index is 10.1. The summed E-state index contributed by atoms with van der Waals surface area (Å²) in [5, 5.41) is 10.1. The summed E-state index contributed by atoms with van der Waals surface area (Å²) in [6, 6.07) is 5.46. The van der Waals surface area contributed by atoms with Crippen LogP contribution in [0.2, 0.25) is 0 Å². The molecule has 1 N–H and O–H groups in total. The van der Waals surface area contributed by atoms with E-state index >= 15 is 0 Å². The first-order valence-electron chi connectivity index (χ1n) is 5.00. The minimum atomic E-state index is -0.820. The molecule has 3 heteroatoms. The monoisotopic (exact) mass is 210 g/mol. The molecule has 0 heterocycles. The van der Waals surface area contributed by atoms with Crippen molar-refractivity contribution in [1.82, 2.24) is 0 Å². The van der Waals surface area contributed by atoms with Gasteiger partial charge < -0.3 is 14.6 Å². The predicted octanol–water partition coefficient (Wildman–Crippen LogP) is 2.32. The molecule has 0 aliphatic rings. The standard InChI is InChI=1S/C12H18O3/c1-5-12(2,13)9-6-7-10(14-3)11(8-9)15-4/h6-8,13H,5H2,1-4H3/t12-/m1/s1. The first-order chi connectivity index (χ1) is 7.05. The molecule has 0 amide bonds. The van der Waals surface area contributed by atoms with Crippen molar-refractivity contribution in [2.75, 3.05) is 14.2 Å². The van der Waals surface area contributed by atoms with Crippen molar-refractivity contribution in [1.29, 1.82) is 0 Å². The molecule has 0 unspecified atom stereocenters. The molecule has 0 bridgehead atoms. The lowest BCUT2D eigenvalue weighted by Gasteiger charge is -2.22. The zero-order chi connectivity index (χ0) is 11.5. The van der Waals surface area contributed by atoms with E-state index in [2.05, 4.69) is 0 Å². The van der Waals surface area contributed by atoms with E-state index in [0.29, 0.717) is 17.9 Å². The van der Waals surface area contributed by atoms with Crippen LogP contribution in [0.4, 0.5) is 0 Å². The van der Waals surface area contributed by atoms with Gasteiger partial charge in [0.05, 0.1) is 19.8 Å². The summed E-state index contributed by atoms with van der Waals surface area (Å²) in [6.07, 6.45) is 0.655. The Morgan fingerprint density at radius 2 is 1.80 bits per heavy atom. The van der Waals surface area contributed by atoms with Crippen molar-refractivity contribution in [3.8, 4) is 11.5 Å². The van der Waals surface area contributed by atoms with E-state index in [1.54, 1.807) is 27.2 Å². The van der Waals surface area contributed by atoms with E-state index in [9.17, 15) is 5.11 Å². The highest BCUT2D eigenvalue weighted by Gasteiger charge is 2.21. The van der Waals surface area contributed by atoms with Crippen molar-refractivity contribution in [2.45, 2.75) is 25.9 Å². The van der Waals surface area contributed by atoms with Crippen LogP contribution in [0.25, 0.3) is 0 Å². The molecular formula is C12H18O3. The van der Waals surface area contributed by atoms with Gasteiger partial charge in [-0.25, -0.2) is 0 Å². The van der Waals surface area contributed by atoms with Crippen LogP contribution in [0.3, 0.4) is 0 Å². The van der Waals surface area contributed by atoms with Crippen LogP contribution < -0.4 is 9.47 Å². The Hall–Kier alpha value is -1.22. The molecule has 0 aromatic heterocycles. The lowest BCUT2D eigenvalue weighted by Crippen LogP contribution is -2.19. The third kappa shape index (κ3) is 2.42. The van der Waals surface area contributed by atoms with E-state index in [1.807, 2.05) is 19.1 Å². The summed E-state index contributed by atoms with van der Waals surface area (Å²) in [5.74, 6) is 1.32. The number of methoxy groups -OCH3 is 2. The second kappa shape index (κ2) is 4.53. The largest absolute Gasteiger partial charge is 0.493 e. The van der Waals surface area contributed by atoms with Gasteiger partial charge in [0.25, 0.3) is 0 Å². The summed E-state index contributed by atoms with van der Waals surface area (Å²) in [7, 11) is 3.18. The van der Waals surface area contributed by atoms with Crippen molar-refractivity contribution >= 4 is 0 Å². The summed E-state index contributed by atoms with van der Waals surface area (Å²) < 4.78 is 10.3. The summed E-state index contributed by atoms with van der Waals surface area (Å²) >= 11 is 0. The molecule has 1 aromatic carbocycles. The highest BCUT2D eigenvalue weighted by Crippen LogP contribution is 2.33. The lowest BCUT2D eigenvalue weighted by molar-refractivity contribution is 0.0528. The number of hydrogen-bond donors (Lipinski definition) is 1. The van der Waals surface area contributed by atoms with E-state index in [1.165, 1.54) is 0 Å². The summed E-state index contributed by atoms with van der Waals surface area (Å²) in [6.45, 7) is 3.73. The fraction of sp³-hybridized carbons (Fsp3) is 0.500. The fourth-order valence-corrected chi connectivity index (χ4v) is 1.38. The highest BCUT2D eigenvalue weighted by atomic mass is 16.5. The third-order valence-corrected chi connectivity index (χ3v) is 2.69. The number of benzene rings is 1. The van der Waals surface area contributed by atoms with Gasteiger partial charge in [-0.1, -0.05) is 13.0 Å². The Kier molecular flexibility index (Phi) is 3.58. The van der Waals surface area contributed by atoms with Gasteiger partial charge in [-0.2, -0.15) is 0 Å². The van der Waals surface area contributed by atoms with Crippen molar-refractivity contribution in [3.05, 3.63) is 23.8 Å². The molecule has 0 aliphatic carbocycles.